The summed E-state index contributed by atoms with van der Waals surface area (Å²) in [5.41, 5.74) is -0.196. The van der Waals surface area contributed by atoms with Gasteiger partial charge in [0, 0.05) is 18.7 Å². The van der Waals surface area contributed by atoms with E-state index in [1.807, 2.05) is 39.6 Å². The van der Waals surface area contributed by atoms with Crippen LogP contribution in [0.2, 0.25) is 0 Å². The minimum Gasteiger partial charge on any atom is -0.353 e. The zero-order chi connectivity index (χ0) is 15.2. The highest BCUT2D eigenvalue weighted by molar-refractivity contribution is 5.81. The molecule has 0 radical (unpaired) electrons. The number of rotatable bonds is 6. The Balaban J connectivity index is 2.23. The minimum atomic E-state index is -0.196. The molecule has 0 bridgehead atoms. The van der Waals surface area contributed by atoms with Crippen LogP contribution in [0.4, 0.5) is 0 Å². The molecule has 1 aliphatic heterocycles. The monoisotopic (exact) mass is 286 g/mol. The van der Waals surface area contributed by atoms with Crippen molar-refractivity contribution in [1.29, 1.82) is 0 Å². The zero-order valence-corrected chi connectivity index (χ0v) is 13.6. The highest BCUT2D eigenvalue weighted by Gasteiger charge is 2.22. The average Bonchev–Trinajstić information content (AvgIpc) is 2.37. The Morgan fingerprint density at radius 3 is 2.70 bits per heavy atom. The highest BCUT2D eigenvalue weighted by atomic mass is 16.7. The lowest BCUT2D eigenvalue weighted by Gasteiger charge is -2.29. The van der Waals surface area contributed by atoms with E-state index in [2.05, 4.69) is 5.32 Å². The molecule has 1 aliphatic rings. The van der Waals surface area contributed by atoms with Crippen molar-refractivity contribution < 1.29 is 14.3 Å². The predicted molar refractivity (Wildman–Crippen MR) is 79.5 cm³/mol. The van der Waals surface area contributed by atoms with Crippen molar-refractivity contribution in [2.75, 3.05) is 26.8 Å². The van der Waals surface area contributed by atoms with Crippen LogP contribution in [0.5, 0.6) is 0 Å². The van der Waals surface area contributed by atoms with Gasteiger partial charge < -0.3 is 14.8 Å². The fraction of sp³-hybridized carbons (Fsp3) is 0.933. The van der Waals surface area contributed by atoms with Crippen molar-refractivity contribution in [3.05, 3.63) is 0 Å². The molecule has 5 nitrogen and oxygen atoms in total. The number of likely N-dealkylation sites (N-methyl/N-ethyl adjacent to an activating group) is 1. The molecule has 5 heteroatoms. The molecule has 0 aromatic carbocycles. The maximum absolute atomic E-state index is 12.0. The smallest absolute Gasteiger partial charge is 0.237 e. The Bertz CT molecular complexity index is 296. The highest BCUT2D eigenvalue weighted by Crippen LogP contribution is 2.13. The Morgan fingerprint density at radius 2 is 2.15 bits per heavy atom. The second-order valence-electron chi connectivity index (χ2n) is 6.56. The van der Waals surface area contributed by atoms with E-state index in [1.165, 1.54) is 6.42 Å². The lowest BCUT2D eigenvalue weighted by atomic mass is 10.1. The molecule has 2 atom stereocenters. The molecule has 0 aromatic rings. The molecule has 1 fully saturated rings. The Hall–Kier alpha value is -0.650. The van der Waals surface area contributed by atoms with Crippen molar-refractivity contribution in [3.63, 3.8) is 0 Å². The van der Waals surface area contributed by atoms with Gasteiger partial charge in [0.1, 0.15) is 0 Å². The van der Waals surface area contributed by atoms with E-state index in [9.17, 15) is 4.79 Å². The Morgan fingerprint density at radius 1 is 1.45 bits per heavy atom. The molecule has 0 saturated carbocycles. The van der Waals surface area contributed by atoms with E-state index in [4.69, 9.17) is 9.47 Å². The normalized spacial score (nSPS) is 21.8. The summed E-state index contributed by atoms with van der Waals surface area (Å²) >= 11 is 0. The van der Waals surface area contributed by atoms with Crippen LogP contribution < -0.4 is 5.32 Å². The first-order chi connectivity index (χ1) is 9.29. The summed E-state index contributed by atoms with van der Waals surface area (Å²) in [5.74, 6) is 0.0499. The Kier molecular flexibility index (Phi) is 6.92. The van der Waals surface area contributed by atoms with Crippen molar-refractivity contribution in [3.8, 4) is 0 Å². The molecule has 0 aliphatic carbocycles. The molecule has 1 heterocycles. The SMILES string of the molecule is C[C@H](C(=O)NC(C)(C)C)N(C)CCO[C@@H]1CCCCO1. The molecular formula is C15H30N2O3. The van der Waals surface area contributed by atoms with Crippen LogP contribution in [-0.4, -0.2) is 55.5 Å². The summed E-state index contributed by atoms with van der Waals surface area (Å²) in [7, 11) is 1.94. The average molecular weight is 286 g/mol. The first kappa shape index (κ1) is 17.4. The van der Waals surface area contributed by atoms with Crippen LogP contribution in [0.1, 0.15) is 47.0 Å². The van der Waals surface area contributed by atoms with Crippen LogP contribution in [-0.2, 0) is 14.3 Å². The van der Waals surface area contributed by atoms with Crippen molar-refractivity contribution in [2.45, 2.75) is 64.8 Å². The molecule has 1 amide bonds. The van der Waals surface area contributed by atoms with E-state index in [0.717, 1.165) is 26.0 Å². The standard InChI is InChI=1S/C15H30N2O3/c1-12(14(18)16-15(2,3)4)17(5)9-11-20-13-8-6-7-10-19-13/h12-13H,6-11H2,1-5H3,(H,16,18)/t12-,13-/m1/s1. The third kappa shape index (κ3) is 6.68. The summed E-state index contributed by atoms with van der Waals surface area (Å²) in [4.78, 5) is 14.1. The van der Waals surface area contributed by atoms with Crippen molar-refractivity contribution >= 4 is 5.91 Å². The van der Waals surface area contributed by atoms with Crippen LogP contribution in [0.3, 0.4) is 0 Å². The fourth-order valence-corrected chi connectivity index (χ4v) is 2.04. The third-order valence-electron chi connectivity index (χ3n) is 3.42. The number of carbonyl (C=O) groups is 1. The number of nitrogens with zero attached hydrogens (tertiary/aromatic N) is 1. The topological polar surface area (TPSA) is 50.8 Å². The van der Waals surface area contributed by atoms with Crippen LogP contribution in [0, 0.1) is 0 Å². The number of ether oxygens (including phenoxy) is 2. The predicted octanol–water partition coefficient (Wildman–Crippen LogP) is 1.76. The number of nitrogens with one attached hydrogen (secondary N) is 1. The molecule has 1 rings (SSSR count). The van der Waals surface area contributed by atoms with E-state index >= 15 is 0 Å². The van der Waals surface area contributed by atoms with Gasteiger partial charge in [-0.15, -0.1) is 0 Å². The Labute approximate surface area is 123 Å². The van der Waals surface area contributed by atoms with Gasteiger partial charge in [-0.3, -0.25) is 9.69 Å². The van der Waals surface area contributed by atoms with E-state index < -0.39 is 0 Å². The number of hydrogen-bond acceptors (Lipinski definition) is 4. The summed E-state index contributed by atoms with van der Waals surface area (Å²) in [6.07, 6.45) is 3.22. The number of carbonyl (C=O) groups excluding carboxylic acids is 1. The molecule has 0 spiro atoms. The first-order valence-corrected chi connectivity index (χ1v) is 7.55. The van der Waals surface area contributed by atoms with E-state index in [-0.39, 0.29) is 23.8 Å². The molecule has 1 N–H and O–H groups in total. The van der Waals surface area contributed by atoms with Gasteiger partial charge in [0.25, 0.3) is 0 Å². The maximum atomic E-state index is 12.0. The summed E-state index contributed by atoms with van der Waals surface area (Å²) in [6.45, 7) is 9.99. The molecule has 118 valence electrons. The second-order valence-corrected chi connectivity index (χ2v) is 6.56. The van der Waals surface area contributed by atoms with E-state index in [1.54, 1.807) is 0 Å². The van der Waals surface area contributed by atoms with Crippen LogP contribution in [0.25, 0.3) is 0 Å². The third-order valence-corrected chi connectivity index (χ3v) is 3.42. The van der Waals surface area contributed by atoms with Gasteiger partial charge in [-0.2, -0.15) is 0 Å². The van der Waals surface area contributed by atoms with Crippen LogP contribution >= 0.6 is 0 Å². The van der Waals surface area contributed by atoms with Gasteiger partial charge >= 0.3 is 0 Å². The second kappa shape index (κ2) is 7.96. The van der Waals surface area contributed by atoms with Gasteiger partial charge in [0.2, 0.25) is 5.91 Å². The van der Waals surface area contributed by atoms with Gasteiger partial charge in [-0.1, -0.05) is 0 Å². The minimum absolute atomic E-state index is 0.0499. The van der Waals surface area contributed by atoms with Gasteiger partial charge in [-0.05, 0) is 54.0 Å². The molecule has 1 saturated heterocycles. The fourth-order valence-electron chi connectivity index (χ4n) is 2.04. The summed E-state index contributed by atoms with van der Waals surface area (Å²) in [5, 5.41) is 2.99. The maximum Gasteiger partial charge on any atom is 0.237 e. The van der Waals surface area contributed by atoms with Crippen molar-refractivity contribution in [1.82, 2.24) is 10.2 Å². The van der Waals surface area contributed by atoms with Crippen molar-refractivity contribution in [2.24, 2.45) is 0 Å². The first-order valence-electron chi connectivity index (χ1n) is 7.55. The largest absolute Gasteiger partial charge is 0.353 e. The number of hydrogen-bond donors (Lipinski definition) is 1. The lowest BCUT2D eigenvalue weighted by Crippen LogP contribution is -2.50. The van der Waals surface area contributed by atoms with Gasteiger partial charge in [0.15, 0.2) is 6.29 Å². The summed E-state index contributed by atoms with van der Waals surface area (Å²) in [6, 6.07) is -0.162. The molecule has 0 aromatic heterocycles. The molecular weight excluding hydrogens is 256 g/mol. The molecule has 20 heavy (non-hydrogen) atoms. The van der Waals surface area contributed by atoms with E-state index in [0.29, 0.717) is 6.61 Å². The lowest BCUT2D eigenvalue weighted by molar-refractivity contribution is -0.164. The number of amides is 1. The van der Waals surface area contributed by atoms with Gasteiger partial charge in [0.05, 0.1) is 12.6 Å². The summed E-state index contributed by atoms with van der Waals surface area (Å²) < 4.78 is 11.2. The van der Waals surface area contributed by atoms with Crippen LogP contribution in [0.15, 0.2) is 0 Å². The quantitative estimate of drug-likeness (QED) is 0.808. The zero-order valence-electron chi connectivity index (χ0n) is 13.6. The van der Waals surface area contributed by atoms with Gasteiger partial charge in [-0.25, -0.2) is 0 Å². The molecule has 0 unspecified atom stereocenters.